The molecule has 0 fully saturated rings. The lowest BCUT2D eigenvalue weighted by molar-refractivity contribution is 0.570. The van der Waals surface area contributed by atoms with E-state index in [-0.39, 0.29) is 26.6 Å². The molecular weight excluding hydrogens is 420 g/mol. The van der Waals surface area contributed by atoms with E-state index in [1.807, 2.05) is 6.07 Å². The smallest absolute Gasteiger partial charge is 0.223 e. The monoisotopic (exact) mass is 436 g/mol. The quantitative estimate of drug-likeness (QED) is 0.474. The summed E-state index contributed by atoms with van der Waals surface area (Å²) in [6.45, 7) is -0.313. The van der Waals surface area contributed by atoms with Crippen LogP contribution >= 0.6 is 0 Å². The number of hydrogen-bond acceptors (Lipinski definition) is 5. The van der Waals surface area contributed by atoms with Gasteiger partial charge < -0.3 is 4.57 Å². The van der Waals surface area contributed by atoms with E-state index in [0.717, 1.165) is 0 Å². The first-order valence-corrected chi connectivity index (χ1v) is 11.9. The normalized spacial score (nSPS) is 12.0. The van der Waals surface area contributed by atoms with Gasteiger partial charge in [0.05, 0.1) is 21.4 Å². The summed E-state index contributed by atoms with van der Waals surface area (Å²) in [7, 11) is -8.44. The highest BCUT2D eigenvalue weighted by Gasteiger charge is 2.36. The van der Waals surface area contributed by atoms with Gasteiger partial charge >= 0.3 is 0 Å². The number of nitrogens with zero attached hydrogens (tertiary/aromatic N) is 2. The van der Waals surface area contributed by atoms with Crippen molar-refractivity contribution in [2.45, 2.75) is 26.3 Å². The number of para-hydroxylation sites is 1. The largest absolute Gasteiger partial charge is 0.316 e. The summed E-state index contributed by atoms with van der Waals surface area (Å²) < 4.78 is 55.7. The van der Waals surface area contributed by atoms with Gasteiger partial charge in [-0.15, -0.1) is 0 Å². The van der Waals surface area contributed by atoms with E-state index in [0.29, 0.717) is 5.52 Å². The number of aromatic nitrogens is 1. The molecule has 0 radical (unpaired) electrons. The number of nitriles is 1. The van der Waals surface area contributed by atoms with Gasteiger partial charge in [0.2, 0.25) is 19.7 Å². The minimum absolute atomic E-state index is 0.0191. The molecule has 30 heavy (non-hydrogen) atoms. The molecule has 150 valence electrons. The lowest BCUT2D eigenvalue weighted by Crippen LogP contribution is -2.14. The van der Waals surface area contributed by atoms with E-state index in [1.54, 1.807) is 60.7 Å². The van der Waals surface area contributed by atoms with Crippen LogP contribution in [0.4, 0.5) is 0 Å². The Balaban J connectivity index is 2.19. The number of benzene rings is 3. The maximum absolute atomic E-state index is 13.6. The fourth-order valence-electron chi connectivity index (χ4n) is 3.43. The molecule has 0 aliphatic carbocycles. The van der Waals surface area contributed by atoms with Gasteiger partial charge in [0, 0.05) is 5.39 Å². The molecule has 0 saturated carbocycles. The Kier molecular flexibility index (Phi) is 4.94. The highest BCUT2D eigenvalue weighted by Crippen LogP contribution is 2.39. The highest BCUT2D eigenvalue weighted by atomic mass is 32.2. The molecule has 0 atom stereocenters. The van der Waals surface area contributed by atoms with Crippen LogP contribution in [0, 0.1) is 11.3 Å². The zero-order valence-corrected chi connectivity index (χ0v) is 17.3. The Morgan fingerprint density at radius 1 is 0.700 bits per heavy atom. The standard InChI is InChI=1S/C22H16N2O4S2/c23-15-16-24-20-14-8-7-13-19(20)21(29(25,26)17-9-3-1-4-10-17)22(24)30(27,28)18-11-5-2-6-12-18/h1-14H,16H2. The second-order valence-electron chi connectivity index (χ2n) is 6.53. The summed E-state index contributed by atoms with van der Waals surface area (Å²) in [5.41, 5.74) is 0.364. The Morgan fingerprint density at radius 3 is 1.77 bits per heavy atom. The van der Waals surface area contributed by atoms with Crippen molar-refractivity contribution in [3.8, 4) is 6.07 Å². The molecule has 0 spiro atoms. The van der Waals surface area contributed by atoms with Gasteiger partial charge in [0.1, 0.15) is 11.4 Å². The molecule has 1 heterocycles. The van der Waals surface area contributed by atoms with Gasteiger partial charge in [-0.25, -0.2) is 16.8 Å². The maximum Gasteiger partial charge on any atom is 0.223 e. The summed E-state index contributed by atoms with van der Waals surface area (Å²) in [6.07, 6.45) is 0. The van der Waals surface area contributed by atoms with Crippen LogP contribution in [0.1, 0.15) is 0 Å². The van der Waals surface area contributed by atoms with Gasteiger partial charge in [-0.1, -0.05) is 54.6 Å². The number of rotatable bonds is 5. The van der Waals surface area contributed by atoms with Crippen LogP contribution in [0.15, 0.2) is 105 Å². The van der Waals surface area contributed by atoms with Crippen molar-refractivity contribution >= 4 is 30.6 Å². The number of sulfone groups is 2. The molecule has 4 rings (SSSR count). The van der Waals surface area contributed by atoms with Crippen LogP contribution in [0.25, 0.3) is 10.9 Å². The molecule has 0 aliphatic heterocycles. The van der Waals surface area contributed by atoms with Crippen LogP contribution < -0.4 is 0 Å². The Bertz CT molecular complexity index is 1480. The molecular formula is C22H16N2O4S2. The van der Waals surface area contributed by atoms with Crippen LogP contribution in [-0.4, -0.2) is 21.4 Å². The molecule has 0 amide bonds. The molecule has 6 nitrogen and oxygen atoms in total. The van der Waals surface area contributed by atoms with E-state index in [9.17, 15) is 22.1 Å². The molecule has 1 aromatic heterocycles. The molecule has 4 aromatic rings. The first-order valence-electron chi connectivity index (χ1n) is 8.97. The topological polar surface area (TPSA) is 97.0 Å². The third kappa shape index (κ3) is 3.09. The molecule has 0 bridgehead atoms. The van der Waals surface area contributed by atoms with Crippen LogP contribution in [0.5, 0.6) is 0 Å². The first-order chi connectivity index (χ1) is 14.4. The van der Waals surface area contributed by atoms with Crippen molar-refractivity contribution < 1.29 is 16.8 Å². The van der Waals surface area contributed by atoms with Crippen molar-refractivity contribution in [3.05, 3.63) is 84.9 Å². The van der Waals surface area contributed by atoms with Gasteiger partial charge in [-0.05, 0) is 30.3 Å². The number of fused-ring (bicyclic) bond motifs is 1. The lowest BCUT2D eigenvalue weighted by Gasteiger charge is -2.11. The molecule has 0 unspecified atom stereocenters. The molecule has 0 aliphatic rings. The summed E-state index contributed by atoms with van der Waals surface area (Å²) in [5.74, 6) is 0. The van der Waals surface area contributed by atoms with E-state index >= 15 is 0 Å². The van der Waals surface area contributed by atoms with Crippen molar-refractivity contribution in [3.63, 3.8) is 0 Å². The Hall–Kier alpha value is -3.41. The number of hydrogen-bond donors (Lipinski definition) is 0. The van der Waals surface area contributed by atoms with Gasteiger partial charge in [0.15, 0.2) is 5.03 Å². The summed E-state index contributed by atoms with van der Waals surface area (Å²) in [4.78, 5) is -0.380. The minimum atomic E-state index is -4.24. The van der Waals surface area contributed by atoms with Gasteiger partial charge in [-0.3, -0.25) is 0 Å². The SMILES string of the molecule is N#CCn1c(S(=O)(=O)c2ccccc2)c(S(=O)(=O)c2ccccc2)c2ccccc21. The average molecular weight is 437 g/mol. The molecule has 0 saturated heterocycles. The maximum atomic E-state index is 13.6. The summed E-state index contributed by atoms with van der Waals surface area (Å²) >= 11 is 0. The third-order valence-corrected chi connectivity index (χ3v) is 8.54. The zero-order valence-electron chi connectivity index (χ0n) is 15.6. The molecule has 3 aromatic carbocycles. The highest BCUT2D eigenvalue weighted by molar-refractivity contribution is 7.94. The third-order valence-electron chi connectivity index (χ3n) is 4.74. The van der Waals surface area contributed by atoms with E-state index in [2.05, 4.69) is 0 Å². The average Bonchev–Trinajstić information content (AvgIpc) is 3.11. The van der Waals surface area contributed by atoms with Crippen LogP contribution in [0.2, 0.25) is 0 Å². The van der Waals surface area contributed by atoms with E-state index < -0.39 is 24.7 Å². The summed E-state index contributed by atoms with van der Waals surface area (Å²) in [6, 6.07) is 23.7. The van der Waals surface area contributed by atoms with Crippen molar-refractivity contribution in [2.75, 3.05) is 0 Å². The van der Waals surface area contributed by atoms with Crippen molar-refractivity contribution in [1.82, 2.24) is 4.57 Å². The Labute approximate surface area is 174 Å². The van der Waals surface area contributed by atoms with Crippen molar-refractivity contribution in [2.24, 2.45) is 0 Å². The van der Waals surface area contributed by atoms with Gasteiger partial charge in [-0.2, -0.15) is 5.26 Å². The fourth-order valence-corrected chi connectivity index (χ4v) is 7.19. The van der Waals surface area contributed by atoms with Crippen molar-refractivity contribution in [1.29, 1.82) is 5.26 Å². The summed E-state index contributed by atoms with van der Waals surface area (Å²) in [5, 5.41) is 9.21. The lowest BCUT2D eigenvalue weighted by atomic mass is 10.2. The second-order valence-corrected chi connectivity index (χ2v) is 10.3. The first kappa shape index (κ1) is 19.9. The molecule has 0 N–H and O–H groups in total. The second kappa shape index (κ2) is 7.44. The van der Waals surface area contributed by atoms with E-state index in [1.165, 1.54) is 28.8 Å². The van der Waals surface area contributed by atoms with Crippen LogP contribution in [-0.2, 0) is 26.2 Å². The van der Waals surface area contributed by atoms with Gasteiger partial charge in [0.25, 0.3) is 0 Å². The zero-order chi connectivity index (χ0) is 21.4. The Morgan fingerprint density at radius 2 is 1.20 bits per heavy atom. The predicted octanol–water partition coefficient (Wildman–Crippen LogP) is 3.83. The predicted molar refractivity (Wildman–Crippen MR) is 111 cm³/mol. The van der Waals surface area contributed by atoms with Crippen LogP contribution in [0.3, 0.4) is 0 Å². The minimum Gasteiger partial charge on any atom is -0.316 e. The van der Waals surface area contributed by atoms with E-state index in [4.69, 9.17) is 0 Å². The molecule has 8 heteroatoms. The fraction of sp³-hybridized carbons (Fsp3) is 0.0455.